The average Bonchev–Trinajstić information content (AvgIpc) is 2.83. The Morgan fingerprint density at radius 1 is 1.31 bits per heavy atom. The summed E-state index contributed by atoms with van der Waals surface area (Å²) in [4.78, 5) is 2.33. The van der Waals surface area contributed by atoms with Crippen LogP contribution >= 0.6 is 12.4 Å². The van der Waals surface area contributed by atoms with E-state index in [0.717, 1.165) is 31.9 Å². The highest BCUT2D eigenvalue weighted by Crippen LogP contribution is 2.34. The summed E-state index contributed by atoms with van der Waals surface area (Å²) in [5.41, 5.74) is 5.86. The molecule has 0 unspecified atom stereocenters. The van der Waals surface area contributed by atoms with Crippen molar-refractivity contribution in [3.05, 3.63) is 5.82 Å². The number of hydrogen-bond acceptors (Lipinski definition) is 5. The number of nitrogens with two attached hydrogens (primary N) is 1. The zero-order valence-electron chi connectivity index (χ0n) is 9.12. The zero-order chi connectivity index (χ0) is 10.3. The molecule has 1 atom stereocenters. The fraction of sp³-hybridized carbons (Fsp3) is 0.889. The topological polar surface area (TPSA) is 72.9 Å². The molecule has 7 heteroatoms. The summed E-state index contributed by atoms with van der Waals surface area (Å²) in [5.74, 6) is 0.992. The first-order valence-electron chi connectivity index (χ1n) is 5.57. The minimum absolute atomic E-state index is 0. The molecule has 90 valence electrons. The lowest BCUT2D eigenvalue weighted by atomic mass is 10.3. The molecule has 1 saturated carbocycles. The third-order valence-corrected chi connectivity index (χ3v) is 3.13. The van der Waals surface area contributed by atoms with Crippen molar-refractivity contribution in [1.82, 2.24) is 25.1 Å². The van der Waals surface area contributed by atoms with Crippen molar-refractivity contribution in [2.45, 2.75) is 37.9 Å². The molecule has 1 aromatic rings. The van der Waals surface area contributed by atoms with Gasteiger partial charge in [-0.3, -0.25) is 4.90 Å². The van der Waals surface area contributed by atoms with E-state index in [1.807, 2.05) is 4.68 Å². The molecule has 1 aliphatic carbocycles. The van der Waals surface area contributed by atoms with Crippen LogP contribution in [0.5, 0.6) is 0 Å². The van der Waals surface area contributed by atoms with Crippen LogP contribution in [-0.4, -0.2) is 44.2 Å². The Bertz CT molecular complexity index is 350. The molecular formula is C9H17ClN6. The Kier molecular flexibility index (Phi) is 3.41. The lowest BCUT2D eigenvalue weighted by Gasteiger charge is -2.13. The van der Waals surface area contributed by atoms with Crippen LogP contribution in [0.1, 0.15) is 31.1 Å². The molecule has 0 radical (unpaired) electrons. The SMILES string of the molecule is Cl.N[C@H]1CCN(Cc2nnnn2C2CC2)C1. The predicted molar refractivity (Wildman–Crippen MR) is 61.2 cm³/mol. The number of rotatable bonds is 3. The normalized spacial score (nSPS) is 25.7. The lowest BCUT2D eigenvalue weighted by Crippen LogP contribution is -2.27. The van der Waals surface area contributed by atoms with E-state index in [-0.39, 0.29) is 12.4 Å². The summed E-state index contributed by atoms with van der Waals surface area (Å²) in [5, 5.41) is 11.9. The second-order valence-electron chi connectivity index (χ2n) is 4.55. The molecule has 3 rings (SSSR count). The van der Waals surface area contributed by atoms with Crippen LogP contribution < -0.4 is 5.73 Å². The van der Waals surface area contributed by atoms with Crippen LogP contribution in [0, 0.1) is 0 Å². The van der Waals surface area contributed by atoms with Crippen molar-refractivity contribution in [3.8, 4) is 0 Å². The first-order chi connectivity index (χ1) is 7.33. The third-order valence-electron chi connectivity index (χ3n) is 3.13. The fourth-order valence-electron chi connectivity index (χ4n) is 2.13. The maximum Gasteiger partial charge on any atom is 0.165 e. The molecule has 16 heavy (non-hydrogen) atoms. The number of hydrogen-bond donors (Lipinski definition) is 1. The average molecular weight is 245 g/mol. The van der Waals surface area contributed by atoms with Crippen LogP contribution in [0.25, 0.3) is 0 Å². The van der Waals surface area contributed by atoms with Crippen LogP contribution in [0.2, 0.25) is 0 Å². The van der Waals surface area contributed by atoms with Crippen molar-refractivity contribution >= 4 is 12.4 Å². The van der Waals surface area contributed by atoms with E-state index in [1.165, 1.54) is 12.8 Å². The van der Waals surface area contributed by atoms with Gasteiger partial charge in [-0.2, -0.15) is 0 Å². The standard InChI is InChI=1S/C9H16N6.ClH/c10-7-3-4-14(5-7)6-9-11-12-13-15(9)8-1-2-8;/h7-8H,1-6,10H2;1H/t7-;/m0./s1. The smallest absolute Gasteiger partial charge is 0.165 e. The highest BCUT2D eigenvalue weighted by molar-refractivity contribution is 5.85. The summed E-state index contributed by atoms with van der Waals surface area (Å²) in [6.07, 6.45) is 3.53. The highest BCUT2D eigenvalue weighted by Gasteiger charge is 2.29. The number of tetrazole rings is 1. The Labute approximate surface area is 101 Å². The van der Waals surface area contributed by atoms with Crippen molar-refractivity contribution in [3.63, 3.8) is 0 Å². The number of nitrogens with zero attached hydrogens (tertiary/aromatic N) is 5. The highest BCUT2D eigenvalue weighted by atomic mass is 35.5. The molecule has 1 aromatic heterocycles. The van der Waals surface area contributed by atoms with Gasteiger partial charge < -0.3 is 5.73 Å². The largest absolute Gasteiger partial charge is 0.326 e. The quantitative estimate of drug-likeness (QED) is 0.808. The zero-order valence-corrected chi connectivity index (χ0v) is 9.94. The maximum atomic E-state index is 5.86. The minimum atomic E-state index is 0. The van der Waals surface area contributed by atoms with Gasteiger partial charge in [0.25, 0.3) is 0 Å². The van der Waals surface area contributed by atoms with Gasteiger partial charge in [-0.1, -0.05) is 0 Å². The molecule has 2 fully saturated rings. The van der Waals surface area contributed by atoms with Gasteiger partial charge >= 0.3 is 0 Å². The maximum absolute atomic E-state index is 5.86. The van der Waals surface area contributed by atoms with Crippen molar-refractivity contribution in [2.24, 2.45) is 5.73 Å². The van der Waals surface area contributed by atoms with Crippen molar-refractivity contribution in [2.75, 3.05) is 13.1 Å². The Morgan fingerprint density at radius 2 is 2.12 bits per heavy atom. The molecule has 2 aliphatic rings. The summed E-state index contributed by atoms with van der Waals surface area (Å²) >= 11 is 0. The van der Waals surface area contributed by atoms with Crippen LogP contribution in [-0.2, 0) is 6.54 Å². The van der Waals surface area contributed by atoms with Gasteiger partial charge in [0.05, 0.1) is 12.6 Å². The number of likely N-dealkylation sites (tertiary alicyclic amines) is 1. The molecule has 1 saturated heterocycles. The van der Waals surface area contributed by atoms with Gasteiger partial charge in [-0.25, -0.2) is 4.68 Å². The summed E-state index contributed by atoms with van der Waals surface area (Å²) in [6.45, 7) is 2.88. The van der Waals surface area contributed by atoms with Gasteiger partial charge in [-0.05, 0) is 29.7 Å². The Balaban J connectivity index is 0.000000963. The summed E-state index contributed by atoms with van der Waals surface area (Å²) in [7, 11) is 0. The van der Waals surface area contributed by atoms with Gasteiger partial charge in [0.1, 0.15) is 0 Å². The van der Waals surface area contributed by atoms with Crippen LogP contribution in [0.4, 0.5) is 0 Å². The van der Waals surface area contributed by atoms with E-state index in [2.05, 4.69) is 20.4 Å². The second-order valence-corrected chi connectivity index (χ2v) is 4.55. The van der Waals surface area contributed by atoms with Gasteiger partial charge in [0.15, 0.2) is 5.82 Å². The first-order valence-corrected chi connectivity index (χ1v) is 5.57. The van der Waals surface area contributed by atoms with E-state index in [9.17, 15) is 0 Å². The number of halogens is 1. The summed E-state index contributed by atoms with van der Waals surface area (Å²) in [6, 6.07) is 0.890. The molecule has 0 spiro atoms. The van der Waals surface area contributed by atoms with Crippen molar-refractivity contribution in [1.29, 1.82) is 0 Å². The number of aromatic nitrogens is 4. The first kappa shape index (κ1) is 11.8. The van der Waals surface area contributed by atoms with Gasteiger partial charge in [0, 0.05) is 19.1 Å². The Hall–Kier alpha value is -0.720. The molecular weight excluding hydrogens is 228 g/mol. The van der Waals surface area contributed by atoms with Crippen LogP contribution in [0.15, 0.2) is 0 Å². The summed E-state index contributed by atoms with van der Waals surface area (Å²) < 4.78 is 1.98. The van der Waals surface area contributed by atoms with E-state index < -0.39 is 0 Å². The molecule has 2 N–H and O–H groups in total. The predicted octanol–water partition coefficient (Wildman–Crippen LogP) is -0.0372. The van der Waals surface area contributed by atoms with Crippen molar-refractivity contribution < 1.29 is 0 Å². The molecule has 1 aliphatic heterocycles. The molecule has 0 amide bonds. The van der Waals surface area contributed by atoms with E-state index >= 15 is 0 Å². The third kappa shape index (κ3) is 2.34. The molecule has 0 aromatic carbocycles. The van der Waals surface area contributed by atoms with E-state index in [1.54, 1.807) is 0 Å². The van der Waals surface area contributed by atoms with Gasteiger partial charge in [-0.15, -0.1) is 17.5 Å². The molecule has 2 heterocycles. The lowest BCUT2D eigenvalue weighted by molar-refractivity contribution is 0.309. The minimum Gasteiger partial charge on any atom is -0.326 e. The van der Waals surface area contributed by atoms with E-state index in [0.29, 0.717) is 12.1 Å². The van der Waals surface area contributed by atoms with E-state index in [4.69, 9.17) is 5.73 Å². The Morgan fingerprint density at radius 3 is 2.75 bits per heavy atom. The van der Waals surface area contributed by atoms with Crippen LogP contribution in [0.3, 0.4) is 0 Å². The molecule has 6 nitrogen and oxygen atoms in total. The van der Waals surface area contributed by atoms with Gasteiger partial charge in [0.2, 0.25) is 0 Å². The second kappa shape index (κ2) is 4.65. The fourth-order valence-corrected chi connectivity index (χ4v) is 2.13. The monoisotopic (exact) mass is 244 g/mol. The molecule has 0 bridgehead atoms.